The highest BCUT2D eigenvalue weighted by Crippen LogP contribution is 2.43. The maximum absolute atomic E-state index is 13.7. The van der Waals surface area contributed by atoms with Crippen molar-refractivity contribution < 1.29 is 28.5 Å². The van der Waals surface area contributed by atoms with Gasteiger partial charge in [-0.3, -0.25) is 4.79 Å². The molecule has 0 aliphatic carbocycles. The maximum Gasteiger partial charge on any atom is 0.410 e. The summed E-state index contributed by atoms with van der Waals surface area (Å²) in [6.45, 7) is 7.26. The predicted molar refractivity (Wildman–Crippen MR) is 145 cm³/mol. The average molecular weight is 565 g/mol. The van der Waals surface area contributed by atoms with Gasteiger partial charge in [0.25, 0.3) is 5.91 Å². The predicted octanol–water partition coefficient (Wildman–Crippen LogP) is 5.76. The first-order chi connectivity index (χ1) is 18.0. The summed E-state index contributed by atoms with van der Waals surface area (Å²) >= 11 is 13.6. The van der Waals surface area contributed by atoms with Gasteiger partial charge < -0.3 is 28.7 Å². The number of halogens is 2. The van der Waals surface area contributed by atoms with Crippen LogP contribution in [0.5, 0.6) is 11.5 Å². The van der Waals surface area contributed by atoms with Gasteiger partial charge in [-0.15, -0.1) is 0 Å². The number of fused-ring (bicyclic) bond motifs is 1. The molecule has 0 saturated carbocycles. The second-order valence-electron chi connectivity index (χ2n) is 10.6. The van der Waals surface area contributed by atoms with Gasteiger partial charge >= 0.3 is 6.09 Å². The number of carbonyl (C=O) groups excluding carboxylic acids is 2. The van der Waals surface area contributed by atoms with Crippen molar-refractivity contribution >= 4 is 35.2 Å². The smallest absolute Gasteiger partial charge is 0.410 e. The summed E-state index contributed by atoms with van der Waals surface area (Å²) in [5.41, 5.74) is 2.07. The van der Waals surface area contributed by atoms with Gasteiger partial charge in [-0.2, -0.15) is 0 Å². The van der Waals surface area contributed by atoms with Crippen LogP contribution in [-0.2, 0) is 22.4 Å². The summed E-state index contributed by atoms with van der Waals surface area (Å²) in [7, 11) is 4.77. The van der Waals surface area contributed by atoms with Crippen LogP contribution in [0, 0.1) is 5.92 Å². The molecule has 2 aliphatic heterocycles. The Balaban J connectivity index is 1.57. The summed E-state index contributed by atoms with van der Waals surface area (Å²) in [6.07, 6.45) is -0.224. The Bertz CT molecular complexity index is 1220. The Morgan fingerprint density at radius 2 is 1.82 bits per heavy atom. The minimum Gasteiger partial charge on any atom is -0.497 e. The number of amides is 2. The van der Waals surface area contributed by atoms with E-state index in [2.05, 4.69) is 0 Å². The molecule has 1 atom stereocenters. The summed E-state index contributed by atoms with van der Waals surface area (Å²) < 4.78 is 22.1. The molecule has 0 bridgehead atoms. The Morgan fingerprint density at radius 3 is 2.42 bits per heavy atom. The lowest BCUT2D eigenvalue weighted by molar-refractivity contribution is -0.0447. The number of ether oxygens (including phenoxy) is 4. The summed E-state index contributed by atoms with van der Waals surface area (Å²) in [5.74, 6) is 1.10. The molecular weight excluding hydrogens is 531 g/mol. The molecule has 1 fully saturated rings. The molecule has 2 heterocycles. The molecule has 38 heavy (non-hydrogen) atoms. The van der Waals surface area contributed by atoms with E-state index >= 15 is 0 Å². The summed E-state index contributed by atoms with van der Waals surface area (Å²) in [4.78, 5) is 29.5. The molecule has 0 spiro atoms. The lowest BCUT2D eigenvalue weighted by atomic mass is 9.86. The minimum absolute atomic E-state index is 0.0162. The number of nitrogens with zero attached hydrogens (tertiary/aromatic N) is 2. The second-order valence-corrected chi connectivity index (χ2v) is 11.4. The first-order valence-electron chi connectivity index (χ1n) is 12.5. The van der Waals surface area contributed by atoms with Crippen molar-refractivity contribution in [2.45, 2.75) is 45.4 Å². The van der Waals surface area contributed by atoms with E-state index in [0.717, 1.165) is 11.1 Å². The second kappa shape index (κ2) is 11.2. The number of methoxy groups -OCH3 is 3. The lowest BCUT2D eigenvalue weighted by Crippen LogP contribution is -2.53. The molecule has 4 rings (SSSR count). The van der Waals surface area contributed by atoms with E-state index < -0.39 is 11.7 Å². The molecule has 0 N–H and O–H groups in total. The van der Waals surface area contributed by atoms with Gasteiger partial charge in [0, 0.05) is 61.4 Å². The number of benzene rings is 2. The van der Waals surface area contributed by atoms with E-state index in [9.17, 15) is 9.59 Å². The van der Waals surface area contributed by atoms with E-state index in [4.69, 9.17) is 42.1 Å². The van der Waals surface area contributed by atoms with Crippen molar-refractivity contribution in [2.75, 3.05) is 41.0 Å². The van der Waals surface area contributed by atoms with Crippen molar-refractivity contribution in [3.8, 4) is 11.5 Å². The van der Waals surface area contributed by atoms with Gasteiger partial charge in [-0.1, -0.05) is 23.2 Å². The third kappa shape index (κ3) is 5.67. The summed E-state index contributed by atoms with van der Waals surface area (Å²) in [5, 5.41) is 0.822. The topological polar surface area (TPSA) is 77.5 Å². The number of hydrogen-bond donors (Lipinski definition) is 0. The fourth-order valence-corrected chi connectivity index (χ4v) is 5.62. The van der Waals surface area contributed by atoms with Gasteiger partial charge in [0.1, 0.15) is 17.1 Å². The highest BCUT2D eigenvalue weighted by atomic mass is 35.5. The van der Waals surface area contributed by atoms with Crippen LogP contribution in [-0.4, -0.2) is 68.4 Å². The van der Waals surface area contributed by atoms with Crippen LogP contribution >= 0.6 is 23.2 Å². The Kier molecular flexibility index (Phi) is 8.35. The number of likely N-dealkylation sites (tertiary alicyclic amines) is 1. The van der Waals surface area contributed by atoms with Crippen LogP contribution in [0.25, 0.3) is 0 Å². The first-order valence-corrected chi connectivity index (χ1v) is 13.2. The molecule has 2 amide bonds. The van der Waals surface area contributed by atoms with Gasteiger partial charge in [-0.05, 0) is 51.0 Å². The van der Waals surface area contributed by atoms with Crippen molar-refractivity contribution in [1.82, 2.24) is 9.80 Å². The van der Waals surface area contributed by atoms with Crippen LogP contribution < -0.4 is 9.47 Å². The Labute approximate surface area is 233 Å². The molecule has 0 radical (unpaired) electrons. The normalized spacial score (nSPS) is 16.6. The zero-order valence-electron chi connectivity index (χ0n) is 22.6. The molecule has 8 nitrogen and oxygen atoms in total. The third-order valence-electron chi connectivity index (χ3n) is 6.88. The molecule has 2 aromatic rings. The molecular formula is C28H34Cl2N2O6. The van der Waals surface area contributed by atoms with E-state index in [0.29, 0.717) is 65.3 Å². The van der Waals surface area contributed by atoms with Crippen LogP contribution in [0.4, 0.5) is 4.79 Å². The highest BCUT2D eigenvalue weighted by Gasteiger charge is 2.41. The molecule has 10 heteroatoms. The standard InChI is InChI=1S/C28H34Cl2N2O6/c1-28(2,3)38-27(34)32-14-17(15-32)25(37-6)20-12-21(29)19-9-10-31(26(33)23(19)24(20)30)13-16-7-8-18(35-4)11-22(16)36-5/h7-8,11-12,17,25H,9-10,13-15H2,1-6H3. The minimum atomic E-state index is -0.569. The molecule has 0 aromatic heterocycles. The molecule has 1 saturated heterocycles. The molecule has 206 valence electrons. The SMILES string of the molecule is COc1ccc(CN2CCc3c(Cl)cc(C(OC)C4CN(C(=O)OC(C)(C)C)C4)c(Cl)c3C2=O)c(OC)c1. The molecule has 2 aromatic carbocycles. The molecule has 1 unspecified atom stereocenters. The van der Waals surface area contributed by atoms with Crippen LogP contribution in [0.1, 0.15) is 53.9 Å². The molecule has 2 aliphatic rings. The largest absolute Gasteiger partial charge is 0.497 e. The van der Waals surface area contributed by atoms with Crippen molar-refractivity contribution in [1.29, 1.82) is 0 Å². The van der Waals surface area contributed by atoms with Gasteiger partial charge in [-0.25, -0.2) is 4.79 Å². The average Bonchev–Trinajstić information content (AvgIpc) is 2.83. The third-order valence-corrected chi connectivity index (χ3v) is 7.63. The number of rotatable bonds is 7. The highest BCUT2D eigenvalue weighted by molar-refractivity contribution is 6.37. The fraction of sp³-hybridized carbons (Fsp3) is 0.500. The van der Waals surface area contributed by atoms with Crippen molar-refractivity contribution in [3.05, 3.63) is 56.6 Å². The quantitative estimate of drug-likeness (QED) is 0.425. The van der Waals surface area contributed by atoms with Gasteiger partial charge in [0.2, 0.25) is 0 Å². The summed E-state index contributed by atoms with van der Waals surface area (Å²) in [6, 6.07) is 7.31. The van der Waals surface area contributed by atoms with Crippen LogP contribution in [0.15, 0.2) is 24.3 Å². The van der Waals surface area contributed by atoms with Gasteiger partial charge in [0.15, 0.2) is 0 Å². The van der Waals surface area contributed by atoms with Crippen molar-refractivity contribution in [2.24, 2.45) is 5.92 Å². The monoisotopic (exact) mass is 564 g/mol. The van der Waals surface area contributed by atoms with E-state index in [1.54, 1.807) is 43.3 Å². The Morgan fingerprint density at radius 1 is 1.11 bits per heavy atom. The first kappa shape index (κ1) is 28.3. The van der Waals surface area contributed by atoms with Crippen LogP contribution in [0.2, 0.25) is 10.0 Å². The number of hydrogen-bond acceptors (Lipinski definition) is 6. The Hall–Kier alpha value is -2.68. The van der Waals surface area contributed by atoms with Crippen molar-refractivity contribution in [3.63, 3.8) is 0 Å². The zero-order valence-corrected chi connectivity index (χ0v) is 24.1. The van der Waals surface area contributed by atoms with Gasteiger partial charge in [0.05, 0.1) is 30.9 Å². The lowest BCUT2D eigenvalue weighted by Gasteiger charge is -2.43. The van der Waals surface area contributed by atoms with Crippen LogP contribution in [0.3, 0.4) is 0 Å². The zero-order chi connectivity index (χ0) is 27.8. The van der Waals surface area contributed by atoms with E-state index in [1.165, 1.54) is 0 Å². The maximum atomic E-state index is 13.7. The fourth-order valence-electron chi connectivity index (χ4n) is 4.96. The van der Waals surface area contributed by atoms with E-state index in [-0.39, 0.29) is 17.9 Å². The van der Waals surface area contributed by atoms with E-state index in [1.807, 2.05) is 32.9 Å². The number of carbonyl (C=O) groups is 2.